The molecule has 0 heteroatoms. The van der Waals surface area contributed by atoms with E-state index in [-0.39, 0.29) is 5.41 Å². The zero-order valence-electron chi connectivity index (χ0n) is 16.9. The highest BCUT2D eigenvalue weighted by Gasteiger charge is 2.35. The fraction of sp³-hybridized carbons (Fsp3) is 0.214. The largest absolute Gasteiger partial charge is 0.0836 e. The van der Waals surface area contributed by atoms with E-state index in [0.29, 0.717) is 0 Å². The fourth-order valence-electron chi connectivity index (χ4n) is 4.69. The van der Waals surface area contributed by atoms with Gasteiger partial charge in [0.25, 0.3) is 0 Å². The van der Waals surface area contributed by atoms with Gasteiger partial charge in [0, 0.05) is 5.41 Å². The Kier molecular flexibility index (Phi) is 3.91. The van der Waals surface area contributed by atoms with Crippen LogP contribution in [-0.4, -0.2) is 0 Å². The SMILES string of the molecule is Cc1ccc(-c2ccc3c(c2)-c2ccc(C4=CCCC=C4)cc2C3(C)C)cc1. The summed E-state index contributed by atoms with van der Waals surface area (Å²) in [5.41, 5.74) is 12.3. The van der Waals surface area contributed by atoms with Gasteiger partial charge in [0.1, 0.15) is 0 Å². The molecular weight excluding hydrogens is 336 g/mol. The lowest BCUT2D eigenvalue weighted by atomic mass is 9.81. The third kappa shape index (κ3) is 2.67. The van der Waals surface area contributed by atoms with Gasteiger partial charge in [-0.2, -0.15) is 0 Å². The molecular formula is C28H26. The number of allylic oxidation sites excluding steroid dienone is 4. The van der Waals surface area contributed by atoms with Crippen LogP contribution < -0.4 is 0 Å². The van der Waals surface area contributed by atoms with Gasteiger partial charge in [-0.05, 0) is 76.4 Å². The summed E-state index contributed by atoms with van der Waals surface area (Å²) in [5.74, 6) is 0. The van der Waals surface area contributed by atoms with Gasteiger partial charge in [-0.3, -0.25) is 0 Å². The first kappa shape index (κ1) is 17.3. The molecule has 0 N–H and O–H groups in total. The summed E-state index contributed by atoms with van der Waals surface area (Å²) < 4.78 is 0. The predicted octanol–water partition coefficient (Wildman–Crippen LogP) is 7.70. The molecule has 2 aliphatic rings. The highest BCUT2D eigenvalue weighted by atomic mass is 14.4. The minimum atomic E-state index is 0.0332. The normalized spacial score (nSPS) is 16.5. The van der Waals surface area contributed by atoms with Gasteiger partial charge in [-0.1, -0.05) is 86.2 Å². The average molecular weight is 363 g/mol. The van der Waals surface area contributed by atoms with Crippen LogP contribution in [-0.2, 0) is 5.41 Å². The summed E-state index contributed by atoms with van der Waals surface area (Å²) in [7, 11) is 0. The van der Waals surface area contributed by atoms with Crippen LogP contribution >= 0.6 is 0 Å². The summed E-state index contributed by atoms with van der Waals surface area (Å²) >= 11 is 0. The topological polar surface area (TPSA) is 0 Å². The van der Waals surface area contributed by atoms with Crippen molar-refractivity contribution < 1.29 is 0 Å². The Balaban J connectivity index is 1.63. The second-order valence-electron chi connectivity index (χ2n) is 8.65. The van der Waals surface area contributed by atoms with Gasteiger partial charge < -0.3 is 0 Å². The van der Waals surface area contributed by atoms with Crippen LogP contribution in [0.4, 0.5) is 0 Å². The fourth-order valence-corrected chi connectivity index (χ4v) is 4.69. The monoisotopic (exact) mass is 362 g/mol. The lowest BCUT2D eigenvalue weighted by molar-refractivity contribution is 0.660. The Hall–Kier alpha value is -2.86. The molecule has 0 heterocycles. The molecule has 2 aliphatic carbocycles. The number of rotatable bonds is 2. The number of benzene rings is 3. The van der Waals surface area contributed by atoms with Crippen molar-refractivity contribution in [1.82, 2.24) is 0 Å². The summed E-state index contributed by atoms with van der Waals surface area (Å²) in [4.78, 5) is 0. The Morgan fingerprint density at radius 2 is 1.43 bits per heavy atom. The van der Waals surface area contributed by atoms with Crippen LogP contribution in [0, 0.1) is 6.92 Å². The minimum absolute atomic E-state index is 0.0332. The molecule has 0 saturated heterocycles. The first-order chi connectivity index (χ1) is 13.5. The maximum Gasteiger partial charge on any atom is 0.0159 e. The second-order valence-corrected chi connectivity index (χ2v) is 8.65. The lowest BCUT2D eigenvalue weighted by Crippen LogP contribution is -2.15. The Labute approximate surface area is 168 Å². The second kappa shape index (κ2) is 6.34. The Bertz CT molecular complexity index is 1120. The van der Waals surface area contributed by atoms with Crippen molar-refractivity contribution in [2.75, 3.05) is 0 Å². The van der Waals surface area contributed by atoms with Crippen molar-refractivity contribution in [3.63, 3.8) is 0 Å². The minimum Gasteiger partial charge on any atom is -0.0836 e. The van der Waals surface area contributed by atoms with Gasteiger partial charge in [0.05, 0.1) is 0 Å². The molecule has 0 saturated carbocycles. The summed E-state index contributed by atoms with van der Waals surface area (Å²) in [6, 6.07) is 22.9. The van der Waals surface area contributed by atoms with Crippen molar-refractivity contribution in [1.29, 1.82) is 0 Å². The standard InChI is InChI=1S/C28H26/c1-19-9-11-21(12-10-19)22-14-16-26-25(17-22)24-15-13-23(18-27(24)28(26,2)3)20-7-5-4-6-8-20/h5,7-18H,4,6H2,1-3H3. The highest BCUT2D eigenvalue weighted by Crippen LogP contribution is 2.50. The van der Waals surface area contributed by atoms with Gasteiger partial charge in [0.2, 0.25) is 0 Å². The lowest BCUT2D eigenvalue weighted by Gasteiger charge is -2.22. The molecule has 0 unspecified atom stereocenters. The zero-order chi connectivity index (χ0) is 19.3. The summed E-state index contributed by atoms with van der Waals surface area (Å²) in [6.07, 6.45) is 9.23. The Morgan fingerprint density at radius 3 is 2.18 bits per heavy atom. The average Bonchev–Trinajstić information content (AvgIpc) is 2.96. The van der Waals surface area contributed by atoms with Crippen molar-refractivity contribution in [2.45, 2.75) is 39.0 Å². The van der Waals surface area contributed by atoms with Crippen LogP contribution in [0.3, 0.4) is 0 Å². The molecule has 0 nitrogen and oxygen atoms in total. The maximum atomic E-state index is 2.42. The third-order valence-electron chi connectivity index (χ3n) is 6.39. The van der Waals surface area contributed by atoms with Crippen molar-refractivity contribution >= 4 is 5.57 Å². The predicted molar refractivity (Wildman–Crippen MR) is 121 cm³/mol. The zero-order valence-corrected chi connectivity index (χ0v) is 16.9. The van der Waals surface area contributed by atoms with E-state index in [0.717, 1.165) is 12.8 Å². The van der Waals surface area contributed by atoms with Crippen molar-refractivity contribution in [3.05, 3.63) is 101 Å². The molecule has 138 valence electrons. The van der Waals surface area contributed by atoms with Crippen LogP contribution in [0.1, 0.15) is 48.9 Å². The van der Waals surface area contributed by atoms with Gasteiger partial charge >= 0.3 is 0 Å². The van der Waals surface area contributed by atoms with Crippen LogP contribution in [0.5, 0.6) is 0 Å². The highest BCUT2D eigenvalue weighted by molar-refractivity contribution is 5.87. The van der Waals surface area contributed by atoms with Gasteiger partial charge in [0.15, 0.2) is 0 Å². The molecule has 3 aromatic rings. The molecule has 0 aromatic heterocycles. The first-order valence-corrected chi connectivity index (χ1v) is 10.3. The Morgan fingerprint density at radius 1 is 0.679 bits per heavy atom. The number of hydrogen-bond donors (Lipinski definition) is 0. The van der Waals surface area contributed by atoms with E-state index in [1.165, 1.54) is 50.1 Å². The molecule has 0 bridgehead atoms. The van der Waals surface area contributed by atoms with Crippen LogP contribution in [0.2, 0.25) is 0 Å². The number of aryl methyl sites for hydroxylation is 1. The van der Waals surface area contributed by atoms with E-state index in [9.17, 15) is 0 Å². The molecule has 0 spiro atoms. The molecule has 0 fully saturated rings. The molecule has 0 amide bonds. The van der Waals surface area contributed by atoms with Crippen LogP contribution in [0.15, 0.2) is 78.9 Å². The number of hydrogen-bond acceptors (Lipinski definition) is 0. The maximum absolute atomic E-state index is 2.42. The van der Waals surface area contributed by atoms with Crippen molar-refractivity contribution in [2.24, 2.45) is 0 Å². The summed E-state index contributed by atoms with van der Waals surface area (Å²) in [5, 5.41) is 0. The van der Waals surface area contributed by atoms with E-state index in [1.54, 1.807) is 0 Å². The van der Waals surface area contributed by atoms with Crippen LogP contribution in [0.25, 0.3) is 27.8 Å². The van der Waals surface area contributed by atoms with E-state index >= 15 is 0 Å². The van der Waals surface area contributed by atoms with E-state index < -0.39 is 0 Å². The van der Waals surface area contributed by atoms with E-state index in [2.05, 4.69) is 99.7 Å². The molecule has 0 aliphatic heterocycles. The van der Waals surface area contributed by atoms with Gasteiger partial charge in [-0.25, -0.2) is 0 Å². The first-order valence-electron chi connectivity index (χ1n) is 10.3. The van der Waals surface area contributed by atoms with E-state index in [4.69, 9.17) is 0 Å². The quantitative estimate of drug-likeness (QED) is 0.438. The molecule has 3 aromatic carbocycles. The molecule has 28 heavy (non-hydrogen) atoms. The summed E-state index contributed by atoms with van der Waals surface area (Å²) in [6.45, 7) is 6.86. The molecule has 5 rings (SSSR count). The smallest absolute Gasteiger partial charge is 0.0159 e. The van der Waals surface area contributed by atoms with Crippen molar-refractivity contribution in [3.8, 4) is 22.3 Å². The molecule has 0 radical (unpaired) electrons. The van der Waals surface area contributed by atoms with Gasteiger partial charge in [-0.15, -0.1) is 0 Å². The third-order valence-corrected chi connectivity index (χ3v) is 6.39. The molecule has 0 atom stereocenters. The number of fused-ring (bicyclic) bond motifs is 3. The van der Waals surface area contributed by atoms with E-state index in [1.807, 2.05) is 0 Å².